The van der Waals surface area contributed by atoms with Crippen LogP contribution in [0.25, 0.3) is 0 Å². The molecular formula is C11H18N2O5S. The molecule has 8 heteroatoms. The third-order valence-electron chi connectivity index (χ3n) is 3.70. The van der Waals surface area contributed by atoms with Crippen LogP contribution >= 0.6 is 0 Å². The van der Waals surface area contributed by atoms with Crippen LogP contribution in [-0.4, -0.2) is 72.0 Å². The molecule has 0 radical (unpaired) electrons. The van der Waals surface area contributed by atoms with Gasteiger partial charge in [-0.05, 0) is 19.8 Å². The van der Waals surface area contributed by atoms with Gasteiger partial charge in [0, 0.05) is 19.1 Å². The number of carbonyl (C=O) groups is 2. The highest BCUT2D eigenvalue weighted by atomic mass is 32.2. The van der Waals surface area contributed by atoms with Gasteiger partial charge in [0.1, 0.15) is 6.04 Å². The van der Waals surface area contributed by atoms with Crippen molar-refractivity contribution in [2.45, 2.75) is 31.8 Å². The summed E-state index contributed by atoms with van der Waals surface area (Å²) >= 11 is 0. The average molecular weight is 290 g/mol. The van der Waals surface area contributed by atoms with Gasteiger partial charge in [-0.2, -0.15) is 0 Å². The Morgan fingerprint density at radius 2 is 1.89 bits per heavy atom. The van der Waals surface area contributed by atoms with E-state index in [-0.39, 0.29) is 24.1 Å². The minimum Gasteiger partial charge on any atom is -0.480 e. The highest BCUT2D eigenvalue weighted by Crippen LogP contribution is 2.22. The summed E-state index contributed by atoms with van der Waals surface area (Å²) in [6.07, 6.45) is 1.13. The summed E-state index contributed by atoms with van der Waals surface area (Å²) in [6, 6.07) is -1.54. The first-order chi connectivity index (χ1) is 8.82. The number of hydrogen-bond acceptors (Lipinski definition) is 4. The van der Waals surface area contributed by atoms with E-state index in [9.17, 15) is 18.0 Å². The van der Waals surface area contributed by atoms with Crippen molar-refractivity contribution >= 4 is 21.8 Å². The van der Waals surface area contributed by atoms with E-state index in [4.69, 9.17) is 5.11 Å². The van der Waals surface area contributed by atoms with Crippen LogP contribution in [0.3, 0.4) is 0 Å². The van der Waals surface area contributed by atoms with Crippen LogP contribution in [0, 0.1) is 0 Å². The number of hydrogen-bond donors (Lipinski definition) is 1. The number of likely N-dealkylation sites (tertiary alicyclic amines) is 1. The lowest BCUT2D eigenvalue weighted by atomic mass is 10.2. The molecule has 2 rings (SSSR count). The maximum absolute atomic E-state index is 12.3. The van der Waals surface area contributed by atoms with Crippen molar-refractivity contribution in [3.8, 4) is 0 Å². The molecule has 19 heavy (non-hydrogen) atoms. The van der Waals surface area contributed by atoms with E-state index < -0.39 is 27.9 Å². The summed E-state index contributed by atoms with van der Waals surface area (Å²) < 4.78 is 23.0. The minimum atomic E-state index is -3.08. The quantitative estimate of drug-likeness (QED) is 0.720. The highest BCUT2D eigenvalue weighted by Gasteiger charge is 2.39. The summed E-state index contributed by atoms with van der Waals surface area (Å²) in [6.45, 7) is 2.25. The molecule has 2 amide bonds. The van der Waals surface area contributed by atoms with E-state index in [0.29, 0.717) is 19.4 Å². The third-order valence-corrected chi connectivity index (χ3v) is 5.49. The lowest BCUT2D eigenvalue weighted by molar-refractivity contribution is -0.141. The van der Waals surface area contributed by atoms with Crippen molar-refractivity contribution in [1.82, 2.24) is 9.80 Å². The fraction of sp³-hybridized carbons (Fsp3) is 0.818. The topological polar surface area (TPSA) is 95.0 Å². The second kappa shape index (κ2) is 4.99. The molecule has 2 aliphatic heterocycles. The number of aliphatic carboxylic acids is 1. The highest BCUT2D eigenvalue weighted by molar-refractivity contribution is 7.91. The third kappa shape index (κ3) is 2.83. The fourth-order valence-electron chi connectivity index (χ4n) is 2.70. The summed E-state index contributed by atoms with van der Waals surface area (Å²) in [4.78, 5) is 26.2. The van der Waals surface area contributed by atoms with Crippen molar-refractivity contribution in [2.75, 3.05) is 24.6 Å². The molecule has 2 heterocycles. The van der Waals surface area contributed by atoms with Gasteiger partial charge in [0.2, 0.25) is 0 Å². The van der Waals surface area contributed by atoms with Gasteiger partial charge < -0.3 is 14.9 Å². The largest absolute Gasteiger partial charge is 0.480 e. The van der Waals surface area contributed by atoms with E-state index in [2.05, 4.69) is 0 Å². The summed E-state index contributed by atoms with van der Waals surface area (Å²) in [7, 11) is -3.08. The fourth-order valence-corrected chi connectivity index (χ4v) is 4.26. The predicted molar refractivity (Wildman–Crippen MR) is 67.6 cm³/mol. The molecule has 2 saturated heterocycles. The van der Waals surface area contributed by atoms with Gasteiger partial charge in [0.25, 0.3) is 0 Å². The van der Waals surface area contributed by atoms with Crippen LogP contribution < -0.4 is 0 Å². The zero-order valence-corrected chi connectivity index (χ0v) is 11.6. The second-order valence-electron chi connectivity index (χ2n) is 5.13. The molecule has 1 unspecified atom stereocenters. The first kappa shape index (κ1) is 14.1. The normalized spacial score (nSPS) is 30.4. The van der Waals surface area contributed by atoms with Crippen molar-refractivity contribution in [1.29, 1.82) is 0 Å². The second-order valence-corrected chi connectivity index (χ2v) is 7.36. The maximum Gasteiger partial charge on any atom is 0.326 e. The zero-order valence-electron chi connectivity index (χ0n) is 10.8. The lowest BCUT2D eigenvalue weighted by Gasteiger charge is -2.37. The predicted octanol–water partition coefficient (Wildman–Crippen LogP) is -0.226. The monoisotopic (exact) mass is 290 g/mol. The number of urea groups is 1. The molecule has 108 valence electrons. The van der Waals surface area contributed by atoms with Gasteiger partial charge in [-0.25, -0.2) is 18.0 Å². The Morgan fingerprint density at radius 3 is 2.47 bits per heavy atom. The van der Waals surface area contributed by atoms with Gasteiger partial charge in [-0.1, -0.05) is 0 Å². The Bertz CT molecular complexity index is 489. The van der Waals surface area contributed by atoms with Crippen LogP contribution in [0.2, 0.25) is 0 Å². The Balaban J connectivity index is 2.10. The van der Waals surface area contributed by atoms with E-state index >= 15 is 0 Å². The number of nitrogens with zero attached hydrogens (tertiary/aromatic N) is 2. The van der Waals surface area contributed by atoms with Crippen molar-refractivity contribution in [3.63, 3.8) is 0 Å². The summed E-state index contributed by atoms with van der Waals surface area (Å²) in [5, 5.41) is 9.07. The van der Waals surface area contributed by atoms with Gasteiger partial charge in [-0.15, -0.1) is 0 Å². The van der Waals surface area contributed by atoms with E-state index in [0.717, 1.165) is 0 Å². The van der Waals surface area contributed by atoms with Crippen LogP contribution in [-0.2, 0) is 14.6 Å². The molecule has 0 aromatic carbocycles. The average Bonchev–Trinajstić information content (AvgIpc) is 2.75. The van der Waals surface area contributed by atoms with Crippen LogP contribution in [0.1, 0.15) is 19.8 Å². The molecule has 2 atom stereocenters. The standard InChI is InChI=1S/C11H18N2O5S/c1-8-7-19(17,18)6-5-12(8)11(16)13-4-2-3-9(13)10(14)15/h8-9H,2-7H2,1H3,(H,14,15)/t8?,9-/m1/s1. The Morgan fingerprint density at radius 1 is 1.21 bits per heavy atom. The number of carbonyl (C=O) groups excluding carboxylic acids is 1. The van der Waals surface area contributed by atoms with E-state index in [1.165, 1.54) is 9.80 Å². The van der Waals surface area contributed by atoms with E-state index in [1.807, 2.05) is 0 Å². The van der Waals surface area contributed by atoms with Crippen LogP contribution in [0.5, 0.6) is 0 Å². The van der Waals surface area contributed by atoms with E-state index in [1.54, 1.807) is 6.92 Å². The molecule has 2 fully saturated rings. The van der Waals surface area contributed by atoms with Gasteiger partial charge >= 0.3 is 12.0 Å². The smallest absolute Gasteiger partial charge is 0.326 e. The summed E-state index contributed by atoms with van der Waals surface area (Å²) in [5.41, 5.74) is 0. The van der Waals surface area contributed by atoms with Crippen LogP contribution in [0.15, 0.2) is 0 Å². The first-order valence-electron chi connectivity index (χ1n) is 6.32. The lowest BCUT2D eigenvalue weighted by Crippen LogP contribution is -2.56. The SMILES string of the molecule is CC1CS(=O)(=O)CCN1C(=O)N1CCC[C@@H]1C(=O)O. The molecule has 0 saturated carbocycles. The van der Waals surface area contributed by atoms with Crippen LogP contribution in [0.4, 0.5) is 4.79 Å². The Hall–Kier alpha value is -1.31. The number of rotatable bonds is 1. The molecule has 0 bridgehead atoms. The maximum atomic E-state index is 12.3. The first-order valence-corrected chi connectivity index (χ1v) is 8.14. The number of amides is 2. The molecule has 0 aromatic heterocycles. The molecule has 7 nitrogen and oxygen atoms in total. The molecular weight excluding hydrogens is 272 g/mol. The molecule has 0 aliphatic carbocycles. The number of carboxylic acids is 1. The van der Waals surface area contributed by atoms with Gasteiger partial charge in [0.15, 0.2) is 9.84 Å². The van der Waals surface area contributed by atoms with Crippen molar-refractivity contribution in [3.05, 3.63) is 0 Å². The molecule has 1 N–H and O–H groups in total. The number of sulfone groups is 1. The summed E-state index contributed by atoms with van der Waals surface area (Å²) in [5.74, 6) is -1.10. The van der Waals surface area contributed by atoms with Crippen molar-refractivity contribution < 1.29 is 23.1 Å². The Labute approximate surface area is 112 Å². The minimum absolute atomic E-state index is 0.0470. The molecule has 0 spiro atoms. The zero-order chi connectivity index (χ0) is 14.2. The number of carboxylic acid groups (broad SMARTS) is 1. The molecule has 0 aromatic rings. The Kier molecular flexibility index (Phi) is 3.71. The van der Waals surface area contributed by atoms with Crippen molar-refractivity contribution in [2.24, 2.45) is 0 Å². The van der Waals surface area contributed by atoms with Gasteiger partial charge in [-0.3, -0.25) is 0 Å². The molecule has 2 aliphatic rings. The van der Waals surface area contributed by atoms with Gasteiger partial charge in [0.05, 0.1) is 11.5 Å².